The van der Waals surface area contributed by atoms with E-state index < -0.39 is 9.84 Å². The zero-order chi connectivity index (χ0) is 19.6. The lowest BCUT2D eigenvalue weighted by Crippen LogP contribution is -2.00. The molecule has 0 saturated carbocycles. The van der Waals surface area contributed by atoms with Crippen molar-refractivity contribution in [1.29, 1.82) is 5.26 Å². The van der Waals surface area contributed by atoms with Crippen LogP contribution in [0.4, 0.5) is 0 Å². The van der Waals surface area contributed by atoms with Crippen LogP contribution in [-0.2, 0) is 16.4 Å². The Kier molecular flexibility index (Phi) is 5.17. The first-order chi connectivity index (χ1) is 12.8. The fourth-order valence-corrected chi connectivity index (χ4v) is 3.54. The van der Waals surface area contributed by atoms with Gasteiger partial charge in [-0.15, -0.1) is 6.58 Å². The molecule has 3 aromatic rings. The molecule has 7 heteroatoms. The monoisotopic (exact) mass is 397 g/mol. The number of aromatic nitrogens is 2. The molecule has 0 amide bonds. The van der Waals surface area contributed by atoms with Gasteiger partial charge < -0.3 is 0 Å². The topological polar surface area (TPSA) is 75.8 Å². The van der Waals surface area contributed by atoms with E-state index in [-0.39, 0.29) is 4.90 Å². The first-order valence-corrected chi connectivity index (χ1v) is 10.3. The van der Waals surface area contributed by atoms with Crippen molar-refractivity contribution in [2.75, 3.05) is 6.26 Å². The number of hydrogen-bond donors (Lipinski definition) is 0. The predicted molar refractivity (Wildman–Crippen MR) is 106 cm³/mol. The number of sulfone groups is 1. The molecule has 0 bridgehead atoms. The van der Waals surface area contributed by atoms with Crippen LogP contribution in [0, 0.1) is 11.3 Å². The highest BCUT2D eigenvalue weighted by molar-refractivity contribution is 7.90. The van der Waals surface area contributed by atoms with Crippen molar-refractivity contribution < 1.29 is 8.42 Å². The minimum atomic E-state index is -3.29. The fraction of sp³-hybridized carbons (Fsp3) is 0.100. The summed E-state index contributed by atoms with van der Waals surface area (Å²) in [6, 6.07) is 15.8. The number of nitrogens with zero attached hydrogens (tertiary/aromatic N) is 3. The lowest BCUT2D eigenvalue weighted by molar-refractivity contribution is 0.602. The number of benzene rings is 2. The molecule has 0 aliphatic rings. The van der Waals surface area contributed by atoms with Crippen LogP contribution in [-0.4, -0.2) is 24.5 Å². The van der Waals surface area contributed by atoms with Gasteiger partial charge >= 0.3 is 0 Å². The molecule has 0 fully saturated rings. The maximum Gasteiger partial charge on any atom is 0.175 e. The lowest BCUT2D eigenvalue weighted by Gasteiger charge is -2.05. The van der Waals surface area contributed by atoms with Crippen LogP contribution in [0.3, 0.4) is 0 Å². The average molecular weight is 398 g/mol. The second kappa shape index (κ2) is 7.39. The van der Waals surface area contributed by atoms with Crippen molar-refractivity contribution in [2.45, 2.75) is 11.4 Å². The van der Waals surface area contributed by atoms with Gasteiger partial charge in [-0.3, -0.25) is 0 Å². The third-order valence-corrected chi connectivity index (χ3v) is 5.43. The van der Waals surface area contributed by atoms with E-state index in [0.717, 1.165) is 11.8 Å². The van der Waals surface area contributed by atoms with Gasteiger partial charge in [0.15, 0.2) is 9.84 Å². The molecular weight excluding hydrogens is 382 g/mol. The van der Waals surface area contributed by atoms with Crippen LogP contribution in [0.15, 0.2) is 66.1 Å². The molecule has 1 heterocycles. The van der Waals surface area contributed by atoms with Gasteiger partial charge in [0.25, 0.3) is 0 Å². The molecule has 2 aromatic carbocycles. The Bertz CT molecular complexity index is 1140. The largest absolute Gasteiger partial charge is 0.250 e. The summed E-state index contributed by atoms with van der Waals surface area (Å²) in [4.78, 5) is 0.227. The zero-order valence-corrected chi connectivity index (χ0v) is 16.1. The van der Waals surface area contributed by atoms with E-state index in [1.54, 1.807) is 35.0 Å². The molecule has 0 atom stereocenters. The van der Waals surface area contributed by atoms with Gasteiger partial charge in [-0.25, -0.2) is 13.1 Å². The maximum atomic E-state index is 11.7. The van der Waals surface area contributed by atoms with Crippen molar-refractivity contribution in [2.24, 2.45) is 0 Å². The molecule has 0 aliphatic heterocycles. The molecule has 5 nitrogen and oxygen atoms in total. The second-order valence-electron chi connectivity index (χ2n) is 5.96. The molecule has 0 unspecified atom stereocenters. The molecule has 27 heavy (non-hydrogen) atoms. The van der Waals surface area contributed by atoms with Gasteiger partial charge in [0.05, 0.1) is 11.4 Å². The van der Waals surface area contributed by atoms with Gasteiger partial charge in [0.1, 0.15) is 17.5 Å². The Labute approximate surface area is 163 Å². The molecule has 0 radical (unpaired) electrons. The van der Waals surface area contributed by atoms with Crippen LogP contribution < -0.4 is 0 Å². The molecule has 1 aromatic heterocycles. The Balaban J connectivity index is 2.24. The fourth-order valence-electron chi connectivity index (χ4n) is 2.78. The van der Waals surface area contributed by atoms with Crippen LogP contribution in [0.5, 0.6) is 0 Å². The lowest BCUT2D eigenvalue weighted by atomic mass is 9.99. The van der Waals surface area contributed by atoms with Crippen molar-refractivity contribution in [1.82, 2.24) is 9.78 Å². The number of hydrogen-bond acceptors (Lipinski definition) is 4. The summed E-state index contributed by atoms with van der Waals surface area (Å²) in [6.07, 6.45) is 2.82. The summed E-state index contributed by atoms with van der Waals surface area (Å²) in [5.41, 5.74) is 3.18. The molecule has 0 saturated heterocycles. The number of allylic oxidation sites excluding steroid dienone is 1. The first-order valence-electron chi connectivity index (χ1n) is 8.03. The molecule has 3 rings (SSSR count). The minimum absolute atomic E-state index is 0.227. The van der Waals surface area contributed by atoms with E-state index in [9.17, 15) is 13.7 Å². The Morgan fingerprint density at radius 2 is 1.74 bits per heavy atom. The molecular formula is C20H16ClN3O2S. The summed E-state index contributed by atoms with van der Waals surface area (Å²) < 4.78 is 25.0. The summed E-state index contributed by atoms with van der Waals surface area (Å²) in [7, 11) is -3.29. The van der Waals surface area contributed by atoms with E-state index >= 15 is 0 Å². The summed E-state index contributed by atoms with van der Waals surface area (Å²) >= 11 is 5.99. The third kappa shape index (κ3) is 3.80. The third-order valence-electron chi connectivity index (χ3n) is 4.05. The van der Waals surface area contributed by atoms with Gasteiger partial charge in [-0.1, -0.05) is 41.9 Å². The van der Waals surface area contributed by atoms with Crippen molar-refractivity contribution >= 4 is 21.4 Å². The quantitative estimate of drug-likeness (QED) is 0.600. The van der Waals surface area contributed by atoms with Crippen LogP contribution in [0.1, 0.15) is 5.69 Å². The predicted octanol–water partition coefficient (Wildman–Crippen LogP) is 4.33. The van der Waals surface area contributed by atoms with Gasteiger partial charge in [-0.2, -0.15) is 10.4 Å². The summed E-state index contributed by atoms with van der Waals surface area (Å²) in [6.45, 7) is 4.09. The minimum Gasteiger partial charge on any atom is -0.250 e. The molecule has 0 aliphatic carbocycles. The second-order valence-corrected chi connectivity index (χ2v) is 8.41. The van der Waals surface area contributed by atoms with Gasteiger partial charge in [-0.05, 0) is 29.8 Å². The Morgan fingerprint density at radius 3 is 2.26 bits per heavy atom. The molecule has 0 N–H and O–H groups in total. The smallest absolute Gasteiger partial charge is 0.175 e. The maximum absolute atomic E-state index is 11.7. The SMILES string of the molecule is C=CCn1nc(-c2ccc(S(C)(=O)=O)cc2)c(-c2ccc(Cl)cc2)c1C#N. The van der Waals surface area contributed by atoms with Crippen LogP contribution >= 0.6 is 11.6 Å². The number of rotatable bonds is 5. The number of halogens is 1. The number of nitriles is 1. The zero-order valence-electron chi connectivity index (χ0n) is 14.6. The van der Waals surface area contributed by atoms with E-state index in [1.807, 2.05) is 12.1 Å². The Hall–Kier alpha value is -2.88. The van der Waals surface area contributed by atoms with Crippen molar-refractivity contribution in [3.05, 3.63) is 71.9 Å². The Morgan fingerprint density at radius 1 is 1.15 bits per heavy atom. The van der Waals surface area contributed by atoms with E-state index in [1.165, 1.54) is 12.1 Å². The van der Waals surface area contributed by atoms with E-state index in [2.05, 4.69) is 17.7 Å². The molecule has 0 spiro atoms. The van der Waals surface area contributed by atoms with Gasteiger partial charge in [0, 0.05) is 22.4 Å². The molecule has 136 valence electrons. The van der Waals surface area contributed by atoms with Crippen LogP contribution in [0.2, 0.25) is 5.02 Å². The normalized spacial score (nSPS) is 11.1. The van der Waals surface area contributed by atoms with E-state index in [0.29, 0.717) is 34.1 Å². The highest BCUT2D eigenvalue weighted by Gasteiger charge is 2.20. The standard InChI is InChI=1S/C20H16ClN3O2S/c1-3-12-24-18(13-22)19(14-4-8-16(21)9-5-14)20(23-24)15-6-10-17(11-7-15)27(2,25)26/h3-11H,1,12H2,2H3. The highest BCUT2D eigenvalue weighted by Crippen LogP contribution is 2.35. The summed E-state index contributed by atoms with van der Waals surface area (Å²) in [5, 5.41) is 14.9. The summed E-state index contributed by atoms with van der Waals surface area (Å²) in [5.74, 6) is 0. The first kappa shape index (κ1) is 18.9. The van der Waals surface area contributed by atoms with Crippen molar-refractivity contribution in [3.63, 3.8) is 0 Å². The average Bonchev–Trinajstić information content (AvgIpc) is 3.00. The van der Waals surface area contributed by atoms with Gasteiger partial charge in [0.2, 0.25) is 0 Å². The van der Waals surface area contributed by atoms with E-state index in [4.69, 9.17) is 11.6 Å². The highest BCUT2D eigenvalue weighted by atomic mass is 35.5. The van der Waals surface area contributed by atoms with Crippen LogP contribution in [0.25, 0.3) is 22.4 Å². The van der Waals surface area contributed by atoms with Crippen molar-refractivity contribution in [3.8, 4) is 28.5 Å².